The van der Waals surface area contributed by atoms with Gasteiger partial charge in [0.05, 0.1) is 18.1 Å². The van der Waals surface area contributed by atoms with Crippen LogP contribution in [0, 0.1) is 18.8 Å². The van der Waals surface area contributed by atoms with Crippen molar-refractivity contribution >= 4 is 11.6 Å². The highest BCUT2D eigenvalue weighted by Gasteiger charge is 2.01. The lowest BCUT2D eigenvalue weighted by Gasteiger charge is -2.08. The lowest BCUT2D eigenvalue weighted by Crippen LogP contribution is -2.05. The Labute approximate surface area is 102 Å². The summed E-state index contributed by atoms with van der Waals surface area (Å²) in [5.74, 6) is 6.91. The van der Waals surface area contributed by atoms with Gasteiger partial charge < -0.3 is 9.47 Å². The SMILES string of the molecule is COCCOc1ccc(C)cc1C#CCCl. The molecule has 2 nitrogen and oxygen atoms in total. The first-order valence-electron chi connectivity index (χ1n) is 5.05. The normalized spacial score (nSPS) is 9.44. The minimum absolute atomic E-state index is 0.325. The molecule has 0 radical (unpaired) electrons. The third kappa shape index (κ3) is 4.14. The Kier molecular flexibility index (Phi) is 5.77. The molecule has 1 aromatic carbocycles. The Hall–Kier alpha value is -1.17. The highest BCUT2D eigenvalue weighted by Crippen LogP contribution is 2.18. The summed E-state index contributed by atoms with van der Waals surface area (Å²) in [6.45, 7) is 3.11. The molecule has 0 spiro atoms. The van der Waals surface area contributed by atoms with Crippen molar-refractivity contribution < 1.29 is 9.47 Å². The van der Waals surface area contributed by atoms with Gasteiger partial charge in [0.25, 0.3) is 0 Å². The monoisotopic (exact) mass is 238 g/mol. The molecule has 0 saturated carbocycles. The number of methoxy groups -OCH3 is 1. The van der Waals surface area contributed by atoms with Crippen molar-refractivity contribution in [2.45, 2.75) is 6.92 Å². The predicted octanol–water partition coefficient (Wildman–Crippen LogP) is 2.61. The van der Waals surface area contributed by atoms with E-state index in [-0.39, 0.29) is 0 Å². The van der Waals surface area contributed by atoms with Crippen LogP contribution >= 0.6 is 11.6 Å². The van der Waals surface area contributed by atoms with Gasteiger partial charge in [0.2, 0.25) is 0 Å². The minimum Gasteiger partial charge on any atom is -0.490 e. The molecule has 0 N–H and O–H groups in total. The Morgan fingerprint density at radius 1 is 1.31 bits per heavy atom. The topological polar surface area (TPSA) is 18.5 Å². The van der Waals surface area contributed by atoms with E-state index in [1.165, 1.54) is 0 Å². The largest absolute Gasteiger partial charge is 0.490 e. The number of ether oxygens (including phenoxy) is 2. The molecule has 1 rings (SSSR count). The fraction of sp³-hybridized carbons (Fsp3) is 0.385. The lowest BCUT2D eigenvalue weighted by molar-refractivity contribution is 0.146. The van der Waals surface area contributed by atoms with Crippen molar-refractivity contribution in [3.8, 4) is 17.6 Å². The van der Waals surface area contributed by atoms with Gasteiger partial charge in [0.15, 0.2) is 0 Å². The van der Waals surface area contributed by atoms with Gasteiger partial charge in [-0.15, -0.1) is 11.6 Å². The van der Waals surface area contributed by atoms with Crippen LogP contribution in [0.2, 0.25) is 0 Å². The zero-order valence-corrected chi connectivity index (χ0v) is 10.3. The summed E-state index contributed by atoms with van der Waals surface area (Å²) in [4.78, 5) is 0. The Morgan fingerprint density at radius 3 is 2.81 bits per heavy atom. The van der Waals surface area contributed by atoms with Crippen LogP contribution in [-0.4, -0.2) is 26.2 Å². The molecule has 0 aromatic heterocycles. The summed E-state index contributed by atoms with van der Waals surface area (Å²) < 4.78 is 10.5. The van der Waals surface area contributed by atoms with Crippen LogP contribution in [-0.2, 0) is 4.74 Å². The lowest BCUT2D eigenvalue weighted by atomic mass is 10.1. The Balaban J connectivity index is 2.80. The van der Waals surface area contributed by atoms with Gasteiger partial charge in [-0.2, -0.15) is 0 Å². The molecule has 0 bridgehead atoms. The summed E-state index contributed by atoms with van der Waals surface area (Å²) >= 11 is 5.54. The van der Waals surface area contributed by atoms with E-state index in [1.54, 1.807) is 7.11 Å². The number of benzene rings is 1. The van der Waals surface area contributed by atoms with E-state index in [0.717, 1.165) is 16.9 Å². The minimum atomic E-state index is 0.325. The number of hydrogen-bond acceptors (Lipinski definition) is 2. The van der Waals surface area contributed by atoms with Gasteiger partial charge >= 0.3 is 0 Å². The first kappa shape index (κ1) is 12.9. The van der Waals surface area contributed by atoms with E-state index in [0.29, 0.717) is 19.1 Å². The van der Waals surface area contributed by atoms with E-state index in [4.69, 9.17) is 21.1 Å². The van der Waals surface area contributed by atoms with Crippen LogP contribution in [0.4, 0.5) is 0 Å². The molecule has 0 amide bonds. The van der Waals surface area contributed by atoms with Gasteiger partial charge in [-0.25, -0.2) is 0 Å². The molecule has 0 saturated heterocycles. The van der Waals surface area contributed by atoms with Crippen molar-refractivity contribution in [1.82, 2.24) is 0 Å². The summed E-state index contributed by atoms with van der Waals surface area (Å²) in [6.07, 6.45) is 0. The number of aryl methyl sites for hydroxylation is 1. The molecule has 0 aliphatic carbocycles. The quantitative estimate of drug-likeness (QED) is 0.456. The molecule has 0 atom stereocenters. The summed E-state index contributed by atoms with van der Waals surface area (Å²) in [5, 5.41) is 0. The van der Waals surface area contributed by atoms with Crippen molar-refractivity contribution in [1.29, 1.82) is 0 Å². The summed E-state index contributed by atoms with van der Waals surface area (Å²) in [6, 6.07) is 5.90. The predicted molar refractivity (Wildman–Crippen MR) is 66.1 cm³/mol. The highest BCUT2D eigenvalue weighted by molar-refractivity contribution is 6.19. The van der Waals surface area contributed by atoms with E-state index in [1.807, 2.05) is 25.1 Å². The van der Waals surface area contributed by atoms with Gasteiger partial charge in [0, 0.05) is 7.11 Å². The van der Waals surface area contributed by atoms with Crippen LogP contribution in [0.5, 0.6) is 5.75 Å². The zero-order valence-electron chi connectivity index (χ0n) is 9.55. The highest BCUT2D eigenvalue weighted by atomic mass is 35.5. The van der Waals surface area contributed by atoms with Crippen molar-refractivity contribution in [2.24, 2.45) is 0 Å². The molecule has 16 heavy (non-hydrogen) atoms. The smallest absolute Gasteiger partial charge is 0.135 e. The molecule has 3 heteroatoms. The third-order valence-corrected chi connectivity index (χ3v) is 2.10. The zero-order chi connectivity index (χ0) is 11.8. The third-order valence-electron chi connectivity index (χ3n) is 1.97. The molecule has 1 aromatic rings. The fourth-order valence-corrected chi connectivity index (χ4v) is 1.30. The molecule has 86 valence electrons. The second-order valence-corrected chi connectivity index (χ2v) is 3.54. The molecule has 0 aliphatic rings. The van der Waals surface area contributed by atoms with E-state index in [2.05, 4.69) is 11.8 Å². The maximum atomic E-state index is 5.56. The maximum absolute atomic E-state index is 5.56. The molecule has 0 unspecified atom stereocenters. The average molecular weight is 239 g/mol. The van der Waals surface area contributed by atoms with Gasteiger partial charge in [0.1, 0.15) is 12.4 Å². The standard InChI is InChI=1S/C13H15ClO2/c1-11-5-6-13(16-9-8-15-2)12(10-11)4-3-7-14/h5-6,10H,7-9H2,1-2H3. The number of rotatable bonds is 4. The van der Waals surface area contributed by atoms with E-state index < -0.39 is 0 Å². The summed E-state index contributed by atoms with van der Waals surface area (Å²) in [5.41, 5.74) is 2.02. The van der Waals surface area contributed by atoms with Crippen LogP contribution in [0.3, 0.4) is 0 Å². The van der Waals surface area contributed by atoms with Gasteiger partial charge in [-0.1, -0.05) is 17.9 Å². The van der Waals surface area contributed by atoms with Crippen LogP contribution in [0.25, 0.3) is 0 Å². The molecule has 0 heterocycles. The molecule has 0 fully saturated rings. The van der Waals surface area contributed by atoms with Crippen LogP contribution in [0.1, 0.15) is 11.1 Å². The van der Waals surface area contributed by atoms with Crippen LogP contribution in [0.15, 0.2) is 18.2 Å². The molecule has 0 aliphatic heterocycles. The van der Waals surface area contributed by atoms with Crippen LogP contribution < -0.4 is 4.74 Å². The first-order valence-corrected chi connectivity index (χ1v) is 5.58. The molecular formula is C13H15ClO2. The average Bonchev–Trinajstić information content (AvgIpc) is 2.29. The van der Waals surface area contributed by atoms with E-state index >= 15 is 0 Å². The first-order chi connectivity index (χ1) is 7.77. The Morgan fingerprint density at radius 2 is 2.12 bits per heavy atom. The van der Waals surface area contributed by atoms with Crippen molar-refractivity contribution in [3.05, 3.63) is 29.3 Å². The number of alkyl halides is 1. The summed E-state index contributed by atoms with van der Waals surface area (Å²) in [7, 11) is 1.65. The molecular weight excluding hydrogens is 224 g/mol. The number of halogens is 1. The van der Waals surface area contributed by atoms with E-state index in [9.17, 15) is 0 Å². The second kappa shape index (κ2) is 7.16. The van der Waals surface area contributed by atoms with Crippen molar-refractivity contribution in [2.75, 3.05) is 26.2 Å². The van der Waals surface area contributed by atoms with Gasteiger partial charge in [-0.05, 0) is 24.6 Å². The Bertz CT molecular complexity index is 391. The maximum Gasteiger partial charge on any atom is 0.135 e. The second-order valence-electron chi connectivity index (χ2n) is 3.28. The van der Waals surface area contributed by atoms with Crippen molar-refractivity contribution in [3.63, 3.8) is 0 Å². The fourth-order valence-electron chi connectivity index (χ4n) is 1.23. The number of hydrogen-bond donors (Lipinski definition) is 0. The van der Waals surface area contributed by atoms with Gasteiger partial charge in [-0.3, -0.25) is 0 Å².